The van der Waals surface area contributed by atoms with Crippen molar-refractivity contribution >= 4 is 11.3 Å². The molecule has 19 heavy (non-hydrogen) atoms. The Hall–Kier alpha value is -1.46. The van der Waals surface area contributed by atoms with Gasteiger partial charge in [-0.15, -0.1) is 11.3 Å². The van der Waals surface area contributed by atoms with Crippen molar-refractivity contribution in [1.29, 1.82) is 0 Å². The molecule has 4 nitrogen and oxygen atoms in total. The maximum absolute atomic E-state index is 11.8. The van der Waals surface area contributed by atoms with Gasteiger partial charge in [0.1, 0.15) is 5.82 Å². The van der Waals surface area contributed by atoms with Gasteiger partial charge in [-0.2, -0.15) is 0 Å². The first kappa shape index (κ1) is 14.0. The fourth-order valence-corrected chi connectivity index (χ4v) is 2.73. The van der Waals surface area contributed by atoms with E-state index in [9.17, 15) is 4.79 Å². The number of hydrogen-bond donors (Lipinski definition) is 1. The van der Waals surface area contributed by atoms with E-state index in [0.29, 0.717) is 6.54 Å². The zero-order valence-electron chi connectivity index (χ0n) is 11.3. The van der Waals surface area contributed by atoms with Gasteiger partial charge in [0.15, 0.2) is 0 Å². The third-order valence-corrected chi connectivity index (χ3v) is 3.90. The molecule has 0 saturated heterocycles. The number of nitrogens with zero attached hydrogens (tertiary/aromatic N) is 2. The monoisotopic (exact) mass is 277 g/mol. The fourth-order valence-electron chi connectivity index (χ4n) is 2.02. The summed E-state index contributed by atoms with van der Waals surface area (Å²) in [5.41, 5.74) is 0.814. The number of hydrogen-bond acceptors (Lipinski definition) is 4. The minimum atomic E-state index is 0.0325. The predicted molar refractivity (Wildman–Crippen MR) is 78.9 cm³/mol. The van der Waals surface area contributed by atoms with Crippen LogP contribution in [-0.4, -0.2) is 22.6 Å². The van der Waals surface area contributed by atoms with E-state index in [2.05, 4.69) is 27.8 Å². The van der Waals surface area contributed by atoms with E-state index in [1.807, 2.05) is 13.8 Å². The maximum Gasteiger partial charge on any atom is 0.253 e. The van der Waals surface area contributed by atoms with Gasteiger partial charge in [0.2, 0.25) is 0 Å². The lowest BCUT2D eigenvalue weighted by molar-refractivity contribution is 0.566. The van der Waals surface area contributed by atoms with Crippen LogP contribution in [0.15, 0.2) is 28.4 Å². The van der Waals surface area contributed by atoms with Gasteiger partial charge in [0, 0.05) is 36.3 Å². The average Bonchev–Trinajstić information content (AvgIpc) is 2.84. The summed E-state index contributed by atoms with van der Waals surface area (Å²) in [6, 6.07) is 5.80. The van der Waals surface area contributed by atoms with E-state index in [4.69, 9.17) is 0 Å². The molecule has 1 N–H and O–H groups in total. The van der Waals surface area contributed by atoms with Gasteiger partial charge in [-0.1, -0.05) is 6.07 Å². The molecule has 0 radical (unpaired) electrons. The first-order valence-electron chi connectivity index (χ1n) is 6.45. The normalized spacial score (nSPS) is 10.8. The Labute approximate surface area is 117 Å². The van der Waals surface area contributed by atoms with Gasteiger partial charge in [-0.25, -0.2) is 4.98 Å². The fraction of sp³-hybridized carbons (Fsp3) is 0.429. The number of aromatic nitrogens is 2. The van der Waals surface area contributed by atoms with Crippen LogP contribution in [0.25, 0.3) is 0 Å². The number of thiophene rings is 1. The molecule has 0 atom stereocenters. The maximum atomic E-state index is 11.8. The zero-order valence-corrected chi connectivity index (χ0v) is 12.2. The van der Waals surface area contributed by atoms with Crippen LogP contribution >= 0.6 is 11.3 Å². The van der Waals surface area contributed by atoms with Crippen molar-refractivity contribution < 1.29 is 0 Å². The lowest BCUT2D eigenvalue weighted by Gasteiger charge is -2.10. The van der Waals surface area contributed by atoms with Crippen LogP contribution < -0.4 is 10.9 Å². The lowest BCUT2D eigenvalue weighted by Crippen LogP contribution is -2.30. The Bertz CT molecular complexity index is 575. The summed E-state index contributed by atoms with van der Waals surface area (Å²) in [5, 5.41) is 5.45. The third-order valence-electron chi connectivity index (χ3n) is 2.97. The summed E-state index contributed by atoms with van der Waals surface area (Å²) in [5.74, 6) is 0.782. The van der Waals surface area contributed by atoms with E-state index in [1.165, 1.54) is 4.88 Å². The molecule has 0 aromatic carbocycles. The van der Waals surface area contributed by atoms with Crippen LogP contribution in [-0.2, 0) is 13.0 Å². The van der Waals surface area contributed by atoms with Crippen molar-refractivity contribution in [3.8, 4) is 0 Å². The second-order valence-electron chi connectivity index (χ2n) is 4.51. The van der Waals surface area contributed by atoms with Crippen molar-refractivity contribution in [3.63, 3.8) is 0 Å². The molecule has 2 heterocycles. The molecule has 0 unspecified atom stereocenters. The predicted octanol–water partition coefficient (Wildman–Crippen LogP) is 1.75. The van der Waals surface area contributed by atoms with Crippen molar-refractivity contribution in [2.75, 3.05) is 13.1 Å². The van der Waals surface area contributed by atoms with Gasteiger partial charge in [0.25, 0.3) is 5.56 Å². The Morgan fingerprint density at radius 2 is 2.21 bits per heavy atom. The highest BCUT2D eigenvalue weighted by Gasteiger charge is 2.02. The highest BCUT2D eigenvalue weighted by molar-refractivity contribution is 7.09. The lowest BCUT2D eigenvalue weighted by atomic mass is 10.3. The van der Waals surface area contributed by atoms with E-state index >= 15 is 0 Å². The highest BCUT2D eigenvalue weighted by atomic mass is 32.1. The molecule has 2 aromatic heterocycles. The molecule has 0 amide bonds. The molecular formula is C14H19N3OS. The smallest absolute Gasteiger partial charge is 0.253 e. The average molecular weight is 277 g/mol. The summed E-state index contributed by atoms with van der Waals surface area (Å²) in [6.07, 6.45) is 1.04. The summed E-state index contributed by atoms with van der Waals surface area (Å²) in [4.78, 5) is 17.5. The van der Waals surface area contributed by atoms with E-state index in [-0.39, 0.29) is 5.56 Å². The van der Waals surface area contributed by atoms with Crippen LogP contribution in [0.2, 0.25) is 0 Å². The Morgan fingerprint density at radius 1 is 1.37 bits per heavy atom. The number of nitrogens with one attached hydrogen (secondary N) is 1. The van der Waals surface area contributed by atoms with E-state index in [0.717, 1.165) is 31.0 Å². The molecule has 0 aliphatic rings. The van der Waals surface area contributed by atoms with Crippen LogP contribution in [0.5, 0.6) is 0 Å². The molecule has 2 rings (SSSR count). The number of rotatable bonds is 6. The van der Waals surface area contributed by atoms with Crippen molar-refractivity contribution in [2.45, 2.75) is 26.8 Å². The standard InChI is InChI=1S/C14H19N3OS/c1-11-10-14(18)17(12(2)16-11)8-7-15-6-5-13-4-3-9-19-13/h3-4,9-10,15H,5-8H2,1-2H3. The Kier molecular flexibility index (Phi) is 4.87. The molecule has 102 valence electrons. The van der Waals surface area contributed by atoms with Gasteiger partial charge in [0.05, 0.1) is 0 Å². The summed E-state index contributed by atoms with van der Waals surface area (Å²) in [7, 11) is 0. The van der Waals surface area contributed by atoms with Crippen LogP contribution in [0.4, 0.5) is 0 Å². The molecule has 0 aliphatic heterocycles. The molecule has 5 heteroatoms. The molecule has 2 aromatic rings. The SMILES string of the molecule is Cc1cc(=O)n(CCNCCc2cccs2)c(C)n1. The van der Waals surface area contributed by atoms with Gasteiger partial charge in [-0.05, 0) is 31.7 Å². The van der Waals surface area contributed by atoms with Crippen LogP contribution in [0.3, 0.4) is 0 Å². The minimum absolute atomic E-state index is 0.0325. The third kappa shape index (κ3) is 4.01. The molecule has 0 bridgehead atoms. The molecule has 0 fully saturated rings. The second kappa shape index (κ2) is 6.63. The van der Waals surface area contributed by atoms with E-state index in [1.54, 1.807) is 22.0 Å². The van der Waals surface area contributed by atoms with Gasteiger partial charge >= 0.3 is 0 Å². The quantitative estimate of drug-likeness (QED) is 0.818. The van der Waals surface area contributed by atoms with Crippen molar-refractivity contribution in [1.82, 2.24) is 14.9 Å². The minimum Gasteiger partial charge on any atom is -0.315 e. The van der Waals surface area contributed by atoms with Crippen LogP contribution in [0.1, 0.15) is 16.4 Å². The highest BCUT2D eigenvalue weighted by Crippen LogP contribution is 2.07. The summed E-state index contributed by atoms with van der Waals surface area (Å²) < 4.78 is 1.71. The first-order chi connectivity index (χ1) is 9.16. The molecule has 0 spiro atoms. The second-order valence-corrected chi connectivity index (χ2v) is 5.55. The Morgan fingerprint density at radius 3 is 2.89 bits per heavy atom. The van der Waals surface area contributed by atoms with Crippen molar-refractivity contribution in [2.24, 2.45) is 0 Å². The topological polar surface area (TPSA) is 46.9 Å². The number of aryl methyl sites for hydroxylation is 2. The summed E-state index contributed by atoms with van der Waals surface area (Å²) in [6.45, 7) is 6.12. The zero-order chi connectivity index (χ0) is 13.7. The van der Waals surface area contributed by atoms with E-state index < -0.39 is 0 Å². The molecular weight excluding hydrogens is 258 g/mol. The summed E-state index contributed by atoms with van der Waals surface area (Å²) >= 11 is 1.78. The Balaban J connectivity index is 1.78. The molecule has 0 aliphatic carbocycles. The van der Waals surface area contributed by atoms with Gasteiger partial charge in [-0.3, -0.25) is 9.36 Å². The van der Waals surface area contributed by atoms with Crippen LogP contribution in [0, 0.1) is 13.8 Å². The van der Waals surface area contributed by atoms with Gasteiger partial charge < -0.3 is 5.32 Å². The first-order valence-corrected chi connectivity index (χ1v) is 7.33. The largest absolute Gasteiger partial charge is 0.315 e. The van der Waals surface area contributed by atoms with Crippen molar-refractivity contribution in [3.05, 3.63) is 50.3 Å². The molecule has 0 saturated carbocycles.